The second-order valence-corrected chi connectivity index (χ2v) is 8.20. The summed E-state index contributed by atoms with van der Waals surface area (Å²) in [4.78, 5) is 14.6. The Morgan fingerprint density at radius 1 is 0.926 bits per heavy atom. The molecule has 0 bridgehead atoms. The lowest BCUT2D eigenvalue weighted by Gasteiger charge is -2.24. The fourth-order valence-corrected chi connectivity index (χ4v) is 5.43. The zero-order valence-electron chi connectivity index (χ0n) is 15.2. The van der Waals surface area contributed by atoms with Gasteiger partial charge in [0, 0.05) is 29.4 Å². The molecule has 138 valence electrons. The largest absolute Gasteiger partial charge is 0.308 e. The number of benzene rings is 3. The Bertz CT molecular complexity index is 1140. The van der Waals surface area contributed by atoms with Crippen LogP contribution in [0, 0.1) is 0 Å². The third kappa shape index (κ3) is 2.51. The van der Waals surface area contributed by atoms with Crippen LogP contribution in [0.5, 0.6) is 0 Å². The van der Waals surface area contributed by atoms with Crippen molar-refractivity contribution in [2.75, 3.05) is 22.3 Å². The van der Waals surface area contributed by atoms with Crippen molar-refractivity contribution < 1.29 is 13.2 Å². The lowest BCUT2D eigenvalue weighted by atomic mass is 10.1. The fraction of sp³-hybridized carbons (Fsp3) is 0.190. The Balaban J connectivity index is 1.96. The van der Waals surface area contributed by atoms with Gasteiger partial charge in [0.05, 0.1) is 16.3 Å². The molecule has 0 atom stereocenters. The minimum atomic E-state index is -3.77. The fourth-order valence-electron chi connectivity index (χ4n) is 3.76. The van der Waals surface area contributed by atoms with Crippen LogP contribution in [0.1, 0.15) is 24.2 Å². The molecule has 1 aliphatic rings. The summed E-state index contributed by atoms with van der Waals surface area (Å²) in [5.41, 5.74) is 1.95. The number of carbonyl (C=O) groups is 1. The molecular weight excluding hydrogens is 360 g/mol. The Kier molecular flexibility index (Phi) is 4.15. The standard InChI is InChI=1S/C21H20N2O3S/c1-3-22-18-13-14-19(16-11-8-12-17(20(16)18)21(22)24)27(25,26)23(4-2)15-9-6-5-7-10-15/h5-14H,3-4H2,1-2H3. The summed E-state index contributed by atoms with van der Waals surface area (Å²) in [6.07, 6.45) is 0. The Labute approximate surface area is 158 Å². The highest BCUT2D eigenvalue weighted by molar-refractivity contribution is 7.93. The summed E-state index contributed by atoms with van der Waals surface area (Å²) in [7, 11) is -3.77. The highest BCUT2D eigenvalue weighted by atomic mass is 32.2. The van der Waals surface area contributed by atoms with E-state index in [9.17, 15) is 13.2 Å². The summed E-state index contributed by atoms with van der Waals surface area (Å²) in [6, 6.07) is 17.7. The highest BCUT2D eigenvalue weighted by Crippen LogP contribution is 2.41. The number of hydrogen-bond acceptors (Lipinski definition) is 3. The normalized spacial score (nSPS) is 13.4. The minimum absolute atomic E-state index is 0.0805. The van der Waals surface area contributed by atoms with E-state index in [0.29, 0.717) is 29.7 Å². The van der Waals surface area contributed by atoms with Gasteiger partial charge >= 0.3 is 0 Å². The monoisotopic (exact) mass is 380 g/mol. The van der Waals surface area contributed by atoms with Crippen LogP contribution < -0.4 is 9.21 Å². The van der Waals surface area contributed by atoms with E-state index >= 15 is 0 Å². The third-order valence-electron chi connectivity index (χ3n) is 4.96. The number of rotatable bonds is 5. The SMILES string of the molecule is CCN1C(=O)c2cccc3c(S(=O)(=O)N(CC)c4ccccc4)ccc1c23. The topological polar surface area (TPSA) is 57.7 Å². The zero-order chi connectivity index (χ0) is 19.2. The van der Waals surface area contributed by atoms with E-state index in [2.05, 4.69) is 0 Å². The van der Waals surface area contributed by atoms with Gasteiger partial charge in [0.25, 0.3) is 15.9 Å². The summed E-state index contributed by atoms with van der Waals surface area (Å²) < 4.78 is 28.4. The lowest BCUT2D eigenvalue weighted by Crippen LogP contribution is -2.31. The maximum absolute atomic E-state index is 13.5. The third-order valence-corrected chi connectivity index (χ3v) is 6.92. The molecule has 0 fully saturated rings. The molecule has 6 heteroatoms. The number of hydrogen-bond donors (Lipinski definition) is 0. The summed E-state index contributed by atoms with van der Waals surface area (Å²) >= 11 is 0. The summed E-state index contributed by atoms with van der Waals surface area (Å²) in [5.74, 6) is -0.0805. The maximum atomic E-state index is 13.5. The van der Waals surface area contributed by atoms with Crippen LogP contribution in [0.15, 0.2) is 65.6 Å². The van der Waals surface area contributed by atoms with Crippen molar-refractivity contribution in [3.05, 3.63) is 66.2 Å². The van der Waals surface area contributed by atoms with Crippen LogP contribution >= 0.6 is 0 Å². The molecule has 5 nitrogen and oxygen atoms in total. The molecule has 0 N–H and O–H groups in total. The highest BCUT2D eigenvalue weighted by Gasteiger charge is 2.33. The minimum Gasteiger partial charge on any atom is -0.308 e. The first-order valence-corrected chi connectivity index (χ1v) is 10.4. The molecule has 0 spiro atoms. The summed E-state index contributed by atoms with van der Waals surface area (Å²) in [6.45, 7) is 4.58. The van der Waals surface area contributed by atoms with Gasteiger partial charge < -0.3 is 4.90 Å². The Morgan fingerprint density at radius 3 is 2.33 bits per heavy atom. The number of carbonyl (C=O) groups excluding carboxylic acids is 1. The van der Waals surface area contributed by atoms with Crippen molar-refractivity contribution in [1.82, 2.24) is 0 Å². The van der Waals surface area contributed by atoms with Crippen LogP contribution in [0.2, 0.25) is 0 Å². The Morgan fingerprint density at radius 2 is 1.67 bits per heavy atom. The molecule has 0 saturated carbocycles. The predicted molar refractivity (Wildman–Crippen MR) is 108 cm³/mol. The van der Waals surface area contributed by atoms with E-state index in [1.807, 2.05) is 32.0 Å². The first kappa shape index (κ1) is 17.5. The van der Waals surface area contributed by atoms with E-state index < -0.39 is 10.0 Å². The molecule has 0 saturated heterocycles. The summed E-state index contributed by atoms with van der Waals surface area (Å²) in [5, 5.41) is 1.30. The van der Waals surface area contributed by atoms with Crippen LogP contribution in [0.3, 0.4) is 0 Å². The van der Waals surface area contributed by atoms with Gasteiger partial charge in [0.1, 0.15) is 0 Å². The molecule has 1 heterocycles. The van der Waals surface area contributed by atoms with Crippen LogP contribution in [0.25, 0.3) is 10.8 Å². The van der Waals surface area contributed by atoms with Crippen LogP contribution in [-0.4, -0.2) is 27.4 Å². The van der Waals surface area contributed by atoms with Gasteiger partial charge in [-0.15, -0.1) is 0 Å². The number of amides is 1. The van der Waals surface area contributed by atoms with Gasteiger partial charge in [0.15, 0.2) is 0 Å². The lowest BCUT2D eigenvalue weighted by molar-refractivity contribution is 0.0994. The Hall–Kier alpha value is -2.86. The smallest absolute Gasteiger partial charge is 0.264 e. The molecule has 1 amide bonds. The van der Waals surface area contributed by atoms with Crippen molar-refractivity contribution in [3.8, 4) is 0 Å². The van der Waals surface area contributed by atoms with Crippen LogP contribution in [-0.2, 0) is 10.0 Å². The maximum Gasteiger partial charge on any atom is 0.264 e. The van der Waals surface area contributed by atoms with Gasteiger partial charge in [-0.2, -0.15) is 0 Å². The quantitative estimate of drug-likeness (QED) is 0.671. The van der Waals surface area contributed by atoms with Gasteiger partial charge in [0.2, 0.25) is 0 Å². The number of sulfonamides is 1. The van der Waals surface area contributed by atoms with Crippen molar-refractivity contribution in [3.63, 3.8) is 0 Å². The number of nitrogens with zero attached hydrogens (tertiary/aromatic N) is 2. The molecular formula is C21H20N2O3S. The molecule has 27 heavy (non-hydrogen) atoms. The van der Waals surface area contributed by atoms with Gasteiger partial charge in [-0.1, -0.05) is 30.3 Å². The van der Waals surface area contributed by atoms with E-state index in [1.165, 1.54) is 4.31 Å². The molecule has 1 aliphatic heterocycles. The first-order valence-electron chi connectivity index (χ1n) is 8.96. The van der Waals surface area contributed by atoms with Crippen molar-refractivity contribution in [1.29, 1.82) is 0 Å². The molecule has 0 aliphatic carbocycles. The van der Waals surface area contributed by atoms with Gasteiger partial charge in [-0.05, 0) is 44.2 Å². The van der Waals surface area contributed by atoms with Crippen molar-refractivity contribution in [2.45, 2.75) is 18.7 Å². The predicted octanol–water partition coefficient (Wildman–Crippen LogP) is 4.04. The van der Waals surface area contributed by atoms with E-state index in [0.717, 1.165) is 11.1 Å². The molecule has 3 aromatic rings. The zero-order valence-corrected chi connectivity index (χ0v) is 16.0. The van der Waals surface area contributed by atoms with Crippen molar-refractivity contribution in [2.24, 2.45) is 0 Å². The number of para-hydroxylation sites is 1. The average molecular weight is 380 g/mol. The van der Waals surface area contributed by atoms with E-state index in [4.69, 9.17) is 0 Å². The average Bonchev–Trinajstić information content (AvgIpc) is 2.96. The first-order chi connectivity index (χ1) is 13.0. The molecule has 0 unspecified atom stereocenters. The second-order valence-electron chi connectivity index (χ2n) is 6.37. The van der Waals surface area contributed by atoms with E-state index in [1.54, 1.807) is 47.4 Å². The van der Waals surface area contributed by atoms with Gasteiger partial charge in [-0.25, -0.2) is 8.42 Å². The van der Waals surface area contributed by atoms with Crippen molar-refractivity contribution >= 4 is 38.1 Å². The van der Waals surface area contributed by atoms with Crippen LogP contribution in [0.4, 0.5) is 11.4 Å². The van der Waals surface area contributed by atoms with E-state index in [-0.39, 0.29) is 10.8 Å². The molecule has 3 aromatic carbocycles. The molecule has 0 radical (unpaired) electrons. The second kappa shape index (κ2) is 6.39. The van der Waals surface area contributed by atoms with Gasteiger partial charge in [-0.3, -0.25) is 9.10 Å². The molecule has 0 aromatic heterocycles. The number of anilines is 2. The molecule has 4 rings (SSSR count).